The average Bonchev–Trinajstić information content (AvgIpc) is 2.43. The van der Waals surface area contributed by atoms with Crippen LogP contribution in [0.5, 0.6) is 0 Å². The Balaban J connectivity index is 2.71. The molecule has 1 rings (SSSR count). The Morgan fingerprint density at radius 1 is 1.33 bits per heavy atom. The van der Waals surface area contributed by atoms with Gasteiger partial charge in [0.25, 0.3) is 0 Å². The lowest BCUT2D eigenvalue weighted by atomic mass is 10.2. The summed E-state index contributed by atoms with van der Waals surface area (Å²) in [6.07, 6.45) is 0.580. The summed E-state index contributed by atoms with van der Waals surface area (Å²) in [6, 6.07) is 4.91. The second kappa shape index (κ2) is 7.75. The first-order valence-electron chi connectivity index (χ1n) is 6.18. The Bertz CT molecular complexity index is 611. The molecule has 0 unspecified atom stereocenters. The van der Waals surface area contributed by atoms with Crippen LogP contribution in [0.2, 0.25) is 0 Å². The molecule has 1 amide bonds. The molecule has 1 aromatic rings. The lowest BCUT2D eigenvalue weighted by molar-refractivity contribution is -0.118. The molecule has 0 saturated carbocycles. The molecule has 0 aliphatic heterocycles. The third-order valence-corrected chi connectivity index (χ3v) is 4.22. The van der Waals surface area contributed by atoms with Crippen molar-refractivity contribution < 1.29 is 27.9 Å². The molecule has 0 aliphatic rings. The lowest BCUT2D eigenvalue weighted by Gasteiger charge is -2.07. The largest absolute Gasteiger partial charge is 0.478 e. The maximum absolute atomic E-state index is 12.0. The molecular weight excluding hydrogens is 298 g/mol. The van der Waals surface area contributed by atoms with Crippen molar-refractivity contribution in [3.8, 4) is 0 Å². The molecular formula is C13H17NO6S. The number of rotatable bonds is 8. The predicted molar refractivity (Wildman–Crippen MR) is 75.0 cm³/mol. The molecule has 0 fully saturated rings. The van der Waals surface area contributed by atoms with Gasteiger partial charge in [0.05, 0.1) is 10.5 Å². The number of nitrogens with one attached hydrogen (secondary N) is 1. The minimum absolute atomic E-state index is 0.142. The van der Waals surface area contributed by atoms with Crippen LogP contribution in [0.15, 0.2) is 29.2 Å². The second-order valence-corrected chi connectivity index (χ2v) is 6.28. The van der Waals surface area contributed by atoms with Crippen LogP contribution in [0.4, 0.5) is 0 Å². The van der Waals surface area contributed by atoms with Crippen molar-refractivity contribution in [2.45, 2.75) is 11.3 Å². The van der Waals surface area contributed by atoms with Gasteiger partial charge in [0, 0.05) is 20.3 Å². The van der Waals surface area contributed by atoms with Crippen LogP contribution >= 0.6 is 0 Å². The zero-order valence-electron chi connectivity index (χ0n) is 11.5. The van der Waals surface area contributed by atoms with E-state index in [0.717, 1.165) is 6.07 Å². The zero-order chi connectivity index (χ0) is 15.9. The van der Waals surface area contributed by atoms with Crippen LogP contribution in [-0.4, -0.2) is 51.4 Å². The Morgan fingerprint density at radius 3 is 2.67 bits per heavy atom. The monoisotopic (exact) mass is 315 g/mol. The maximum atomic E-state index is 12.0. The third-order valence-electron chi connectivity index (χ3n) is 2.61. The SMILES string of the molecule is COCCCNC(=O)CS(=O)(=O)c1cccc(C(=O)O)c1. The zero-order valence-corrected chi connectivity index (χ0v) is 12.4. The van der Waals surface area contributed by atoms with E-state index >= 15 is 0 Å². The highest BCUT2D eigenvalue weighted by Gasteiger charge is 2.20. The fraction of sp³-hybridized carbons (Fsp3) is 0.385. The smallest absolute Gasteiger partial charge is 0.335 e. The molecule has 0 atom stereocenters. The molecule has 0 aliphatic carbocycles. The first-order valence-corrected chi connectivity index (χ1v) is 7.84. The van der Waals surface area contributed by atoms with E-state index in [9.17, 15) is 18.0 Å². The molecule has 7 nitrogen and oxygen atoms in total. The topological polar surface area (TPSA) is 110 Å². The van der Waals surface area contributed by atoms with Crippen molar-refractivity contribution in [1.82, 2.24) is 5.32 Å². The Hall–Kier alpha value is -1.93. The van der Waals surface area contributed by atoms with E-state index in [1.807, 2.05) is 0 Å². The molecule has 0 spiro atoms. The normalized spacial score (nSPS) is 11.1. The minimum Gasteiger partial charge on any atom is -0.478 e. The molecule has 0 bridgehead atoms. The van der Waals surface area contributed by atoms with Crippen molar-refractivity contribution in [2.24, 2.45) is 0 Å². The van der Waals surface area contributed by atoms with Crippen LogP contribution in [0, 0.1) is 0 Å². The lowest BCUT2D eigenvalue weighted by Crippen LogP contribution is -2.31. The van der Waals surface area contributed by atoms with Gasteiger partial charge in [-0.05, 0) is 24.6 Å². The Labute approximate surface area is 122 Å². The highest BCUT2D eigenvalue weighted by molar-refractivity contribution is 7.92. The Morgan fingerprint density at radius 2 is 2.05 bits per heavy atom. The molecule has 116 valence electrons. The van der Waals surface area contributed by atoms with E-state index < -0.39 is 27.5 Å². The number of amides is 1. The van der Waals surface area contributed by atoms with Crippen LogP contribution < -0.4 is 5.32 Å². The number of benzene rings is 1. The number of sulfone groups is 1. The molecule has 2 N–H and O–H groups in total. The molecule has 0 radical (unpaired) electrons. The molecule has 0 heterocycles. The van der Waals surface area contributed by atoms with E-state index in [4.69, 9.17) is 9.84 Å². The van der Waals surface area contributed by atoms with E-state index in [-0.39, 0.29) is 10.5 Å². The molecule has 8 heteroatoms. The van der Waals surface area contributed by atoms with Gasteiger partial charge in [0.1, 0.15) is 5.75 Å². The number of aromatic carboxylic acids is 1. The van der Waals surface area contributed by atoms with Gasteiger partial charge in [-0.25, -0.2) is 13.2 Å². The summed E-state index contributed by atoms with van der Waals surface area (Å²) < 4.78 is 28.9. The summed E-state index contributed by atoms with van der Waals surface area (Å²) in [5, 5.41) is 11.3. The van der Waals surface area contributed by atoms with Gasteiger partial charge in [-0.2, -0.15) is 0 Å². The number of hydrogen-bond acceptors (Lipinski definition) is 5. The number of methoxy groups -OCH3 is 1. The van der Waals surface area contributed by atoms with E-state index in [1.165, 1.54) is 25.3 Å². The summed E-state index contributed by atoms with van der Waals surface area (Å²) in [5.74, 6) is -2.58. The molecule has 0 saturated heterocycles. The maximum Gasteiger partial charge on any atom is 0.335 e. The molecule has 21 heavy (non-hydrogen) atoms. The van der Waals surface area contributed by atoms with Crippen molar-refractivity contribution in [3.63, 3.8) is 0 Å². The highest BCUT2D eigenvalue weighted by Crippen LogP contribution is 2.13. The van der Waals surface area contributed by atoms with Crippen LogP contribution in [0.3, 0.4) is 0 Å². The van der Waals surface area contributed by atoms with Gasteiger partial charge in [-0.15, -0.1) is 0 Å². The predicted octanol–water partition coefficient (Wildman–Crippen LogP) is 0.311. The van der Waals surface area contributed by atoms with Crippen molar-refractivity contribution in [3.05, 3.63) is 29.8 Å². The van der Waals surface area contributed by atoms with Crippen LogP contribution in [-0.2, 0) is 19.4 Å². The van der Waals surface area contributed by atoms with Crippen molar-refractivity contribution in [2.75, 3.05) is 26.0 Å². The first kappa shape index (κ1) is 17.1. The van der Waals surface area contributed by atoms with E-state index in [1.54, 1.807) is 0 Å². The van der Waals surface area contributed by atoms with Gasteiger partial charge in [-0.3, -0.25) is 4.79 Å². The van der Waals surface area contributed by atoms with Crippen LogP contribution in [0.1, 0.15) is 16.8 Å². The number of carbonyl (C=O) groups excluding carboxylic acids is 1. The summed E-state index contributed by atoms with van der Waals surface area (Å²) in [4.78, 5) is 22.2. The van der Waals surface area contributed by atoms with Gasteiger partial charge >= 0.3 is 5.97 Å². The molecule has 1 aromatic carbocycles. The summed E-state index contributed by atoms with van der Waals surface area (Å²) in [7, 11) is -2.34. The van der Waals surface area contributed by atoms with E-state index in [2.05, 4.69) is 5.32 Å². The van der Waals surface area contributed by atoms with Gasteiger partial charge in [-0.1, -0.05) is 6.07 Å². The Kier molecular flexibility index (Phi) is 6.32. The number of carboxylic acid groups (broad SMARTS) is 1. The first-order chi connectivity index (χ1) is 9.86. The number of carboxylic acids is 1. The quantitative estimate of drug-likeness (QED) is 0.668. The summed E-state index contributed by atoms with van der Waals surface area (Å²) in [5.41, 5.74) is -0.142. The van der Waals surface area contributed by atoms with Gasteiger partial charge in [0.15, 0.2) is 9.84 Å². The average molecular weight is 315 g/mol. The minimum atomic E-state index is -3.86. The van der Waals surface area contributed by atoms with Crippen molar-refractivity contribution in [1.29, 1.82) is 0 Å². The third kappa shape index (κ3) is 5.52. The number of carbonyl (C=O) groups is 2. The molecule has 0 aromatic heterocycles. The second-order valence-electron chi connectivity index (χ2n) is 4.29. The summed E-state index contributed by atoms with van der Waals surface area (Å²) in [6.45, 7) is 0.783. The summed E-state index contributed by atoms with van der Waals surface area (Å²) >= 11 is 0. The standard InChI is InChI=1S/C13H17NO6S/c1-20-7-3-6-14-12(15)9-21(18,19)11-5-2-4-10(8-11)13(16)17/h2,4-5,8H,3,6-7,9H2,1H3,(H,14,15)(H,16,17). The van der Waals surface area contributed by atoms with Gasteiger partial charge < -0.3 is 15.2 Å². The number of ether oxygens (including phenoxy) is 1. The van der Waals surface area contributed by atoms with Crippen molar-refractivity contribution >= 4 is 21.7 Å². The highest BCUT2D eigenvalue weighted by atomic mass is 32.2. The fourth-order valence-electron chi connectivity index (χ4n) is 1.57. The number of hydrogen-bond donors (Lipinski definition) is 2. The van der Waals surface area contributed by atoms with E-state index in [0.29, 0.717) is 19.6 Å². The van der Waals surface area contributed by atoms with Crippen LogP contribution in [0.25, 0.3) is 0 Å². The fourth-order valence-corrected chi connectivity index (χ4v) is 2.78. The van der Waals surface area contributed by atoms with Gasteiger partial charge in [0.2, 0.25) is 5.91 Å².